The number of amides is 1. The van der Waals surface area contributed by atoms with Crippen LogP contribution in [0.3, 0.4) is 0 Å². The summed E-state index contributed by atoms with van der Waals surface area (Å²) in [5, 5.41) is -0.690. The van der Waals surface area contributed by atoms with Crippen LogP contribution in [0.2, 0.25) is 5.02 Å². The number of anilines is 1. The molecule has 0 radical (unpaired) electrons. The van der Waals surface area contributed by atoms with E-state index in [1.54, 1.807) is 36.4 Å². The zero-order valence-electron chi connectivity index (χ0n) is 14.9. The minimum absolute atomic E-state index is 0.318. The van der Waals surface area contributed by atoms with E-state index in [-0.39, 0.29) is 0 Å². The number of benzene rings is 2. The predicted octanol–water partition coefficient (Wildman–Crippen LogP) is 2.83. The Morgan fingerprint density at radius 2 is 1.56 bits per heavy atom. The van der Waals surface area contributed by atoms with Crippen molar-refractivity contribution in [2.24, 2.45) is 0 Å². The lowest BCUT2D eigenvalue weighted by Gasteiger charge is -2.25. The number of hydrogen-bond acceptors (Lipinski definition) is 6. The van der Waals surface area contributed by atoms with Crippen LogP contribution in [0.1, 0.15) is 10.9 Å². The molecule has 1 fully saturated rings. The third kappa shape index (κ3) is 3.42. The van der Waals surface area contributed by atoms with Crippen LogP contribution < -0.4 is 19.1 Å². The van der Waals surface area contributed by atoms with E-state index in [0.29, 0.717) is 33.5 Å². The number of carbonyl (C=O) groups excluding carboxylic acids is 1. The summed E-state index contributed by atoms with van der Waals surface area (Å²) in [7, 11) is 0.616. The van der Waals surface area contributed by atoms with E-state index in [2.05, 4.69) is 0 Å². The highest BCUT2D eigenvalue weighted by molar-refractivity contribution is 7.93. The van der Waals surface area contributed by atoms with Gasteiger partial charge in [-0.3, -0.25) is 9.69 Å². The molecule has 9 heteroatoms. The summed E-state index contributed by atoms with van der Waals surface area (Å²) in [4.78, 5) is 13.8. The van der Waals surface area contributed by atoms with Gasteiger partial charge in [0.15, 0.2) is 26.7 Å². The largest absolute Gasteiger partial charge is 0.493 e. The molecule has 0 aromatic heterocycles. The molecular formula is C18H18ClNO6S. The normalized spacial score (nSPS) is 18.4. The van der Waals surface area contributed by atoms with Gasteiger partial charge in [-0.15, -0.1) is 0 Å². The minimum atomic E-state index is -3.73. The monoisotopic (exact) mass is 411 g/mol. The summed E-state index contributed by atoms with van der Waals surface area (Å²) < 4.78 is 41.3. The predicted molar refractivity (Wildman–Crippen MR) is 102 cm³/mol. The van der Waals surface area contributed by atoms with Crippen molar-refractivity contribution < 1.29 is 27.4 Å². The number of sulfone groups is 1. The molecule has 144 valence electrons. The molecule has 1 heterocycles. The van der Waals surface area contributed by atoms with Crippen molar-refractivity contribution in [2.45, 2.75) is 5.37 Å². The maximum Gasteiger partial charge on any atom is 0.243 e. The zero-order valence-corrected chi connectivity index (χ0v) is 16.5. The molecule has 1 saturated heterocycles. The lowest BCUT2D eigenvalue weighted by Crippen LogP contribution is -2.29. The second-order valence-electron chi connectivity index (χ2n) is 5.86. The van der Waals surface area contributed by atoms with E-state index >= 15 is 0 Å². The van der Waals surface area contributed by atoms with Gasteiger partial charge in [0.25, 0.3) is 0 Å². The van der Waals surface area contributed by atoms with Gasteiger partial charge in [-0.25, -0.2) is 8.42 Å². The zero-order chi connectivity index (χ0) is 19.8. The van der Waals surface area contributed by atoms with Gasteiger partial charge in [0.1, 0.15) is 5.75 Å². The summed E-state index contributed by atoms with van der Waals surface area (Å²) in [5.41, 5.74) is 0.773. The van der Waals surface area contributed by atoms with Gasteiger partial charge in [-0.2, -0.15) is 0 Å². The van der Waals surface area contributed by atoms with Gasteiger partial charge in [0.2, 0.25) is 11.7 Å². The van der Waals surface area contributed by atoms with E-state index in [4.69, 9.17) is 25.8 Å². The summed E-state index contributed by atoms with van der Waals surface area (Å²) in [6.07, 6.45) is 0. The van der Waals surface area contributed by atoms with E-state index in [1.165, 1.54) is 26.2 Å². The maximum atomic E-state index is 12.7. The van der Waals surface area contributed by atoms with Crippen molar-refractivity contribution in [3.05, 3.63) is 47.0 Å². The first-order valence-corrected chi connectivity index (χ1v) is 10.0. The fourth-order valence-electron chi connectivity index (χ4n) is 3.08. The van der Waals surface area contributed by atoms with Crippen LogP contribution in [0.4, 0.5) is 5.69 Å². The first-order valence-electron chi connectivity index (χ1n) is 7.91. The second-order valence-corrected chi connectivity index (χ2v) is 8.36. The average Bonchev–Trinajstić information content (AvgIpc) is 2.89. The Kier molecular flexibility index (Phi) is 5.21. The average molecular weight is 412 g/mol. The van der Waals surface area contributed by atoms with Crippen molar-refractivity contribution in [1.82, 2.24) is 0 Å². The highest BCUT2D eigenvalue weighted by Crippen LogP contribution is 2.45. The Bertz CT molecular complexity index is 949. The third-order valence-corrected chi connectivity index (χ3v) is 6.32. The Balaban J connectivity index is 2.18. The van der Waals surface area contributed by atoms with E-state index in [9.17, 15) is 13.2 Å². The van der Waals surface area contributed by atoms with Crippen LogP contribution in [-0.4, -0.2) is 41.4 Å². The molecule has 1 aliphatic heterocycles. The van der Waals surface area contributed by atoms with E-state index in [0.717, 1.165) is 0 Å². The van der Waals surface area contributed by atoms with Gasteiger partial charge in [-0.05, 0) is 17.7 Å². The van der Waals surface area contributed by atoms with Gasteiger partial charge in [0.05, 0.1) is 27.0 Å². The molecule has 1 aliphatic rings. The van der Waals surface area contributed by atoms with Crippen molar-refractivity contribution in [3.8, 4) is 17.2 Å². The minimum Gasteiger partial charge on any atom is -0.493 e. The molecule has 1 amide bonds. The second kappa shape index (κ2) is 7.28. The maximum absolute atomic E-state index is 12.7. The molecule has 0 spiro atoms. The molecule has 1 unspecified atom stereocenters. The van der Waals surface area contributed by atoms with Crippen LogP contribution in [0.5, 0.6) is 17.2 Å². The van der Waals surface area contributed by atoms with Crippen LogP contribution in [0.15, 0.2) is 36.4 Å². The molecule has 2 aromatic carbocycles. The van der Waals surface area contributed by atoms with Crippen molar-refractivity contribution in [2.75, 3.05) is 32.0 Å². The molecular weight excluding hydrogens is 394 g/mol. The van der Waals surface area contributed by atoms with Crippen molar-refractivity contribution in [1.29, 1.82) is 0 Å². The molecule has 1 atom stereocenters. The molecule has 0 N–H and O–H groups in total. The third-order valence-electron chi connectivity index (χ3n) is 4.25. The van der Waals surface area contributed by atoms with Gasteiger partial charge in [-0.1, -0.05) is 23.7 Å². The summed E-state index contributed by atoms with van der Waals surface area (Å²) in [6.45, 7) is 0. The van der Waals surface area contributed by atoms with E-state index < -0.39 is 26.9 Å². The Morgan fingerprint density at radius 3 is 2.04 bits per heavy atom. The number of hydrogen-bond donors (Lipinski definition) is 0. The van der Waals surface area contributed by atoms with Crippen LogP contribution in [0.25, 0.3) is 0 Å². The number of methoxy groups -OCH3 is 3. The van der Waals surface area contributed by atoms with Crippen molar-refractivity contribution >= 4 is 33.0 Å². The van der Waals surface area contributed by atoms with Crippen molar-refractivity contribution in [3.63, 3.8) is 0 Å². The molecule has 27 heavy (non-hydrogen) atoms. The highest BCUT2D eigenvalue weighted by Gasteiger charge is 2.46. The topological polar surface area (TPSA) is 82.1 Å². The van der Waals surface area contributed by atoms with Gasteiger partial charge < -0.3 is 14.2 Å². The number of nitrogens with zero attached hydrogens (tertiary/aromatic N) is 1. The van der Waals surface area contributed by atoms with Crippen LogP contribution in [-0.2, 0) is 14.6 Å². The SMILES string of the molecule is COc1cc(N2C(=O)CS(=O)(=O)C2c2ccc(Cl)cc2)cc(OC)c1OC. The summed E-state index contributed by atoms with van der Waals surface area (Å²) in [6, 6.07) is 9.44. The van der Waals surface area contributed by atoms with E-state index in [1.807, 2.05) is 0 Å². The van der Waals surface area contributed by atoms with Crippen LogP contribution in [0, 0.1) is 0 Å². The lowest BCUT2D eigenvalue weighted by molar-refractivity contribution is -0.115. The molecule has 0 aliphatic carbocycles. The summed E-state index contributed by atoms with van der Waals surface area (Å²) >= 11 is 5.91. The standard InChI is InChI=1S/C18H18ClNO6S/c1-24-14-8-13(9-15(25-2)17(14)26-3)20-16(21)10-27(22,23)18(20)11-4-6-12(19)7-5-11/h4-9,18H,10H2,1-3H3. The fourth-order valence-corrected chi connectivity index (χ4v) is 4.98. The Morgan fingerprint density at radius 1 is 1.00 bits per heavy atom. The Hall–Kier alpha value is -2.45. The molecule has 0 saturated carbocycles. The van der Waals surface area contributed by atoms with Crippen LogP contribution >= 0.6 is 11.6 Å². The first-order chi connectivity index (χ1) is 12.8. The smallest absolute Gasteiger partial charge is 0.243 e. The fraction of sp³-hybridized carbons (Fsp3) is 0.278. The quantitative estimate of drug-likeness (QED) is 0.752. The lowest BCUT2D eigenvalue weighted by atomic mass is 10.1. The number of ether oxygens (including phenoxy) is 3. The number of halogens is 1. The molecule has 7 nitrogen and oxygen atoms in total. The molecule has 2 aromatic rings. The number of carbonyl (C=O) groups is 1. The number of rotatable bonds is 5. The van der Waals surface area contributed by atoms with Gasteiger partial charge >= 0.3 is 0 Å². The first kappa shape index (κ1) is 19.3. The molecule has 0 bridgehead atoms. The molecule has 3 rings (SSSR count). The van der Waals surface area contributed by atoms with Gasteiger partial charge in [0, 0.05) is 17.2 Å². The summed E-state index contributed by atoms with van der Waals surface area (Å²) in [5.74, 6) is -0.139. The Labute approximate surface area is 162 Å². The highest BCUT2D eigenvalue weighted by atomic mass is 35.5.